The fourth-order valence-electron chi connectivity index (χ4n) is 0.975. The molecule has 0 aliphatic rings. The van der Waals surface area contributed by atoms with Crippen LogP contribution >= 0.6 is 15.9 Å². The molecule has 0 atom stereocenters. The van der Waals surface area contributed by atoms with Gasteiger partial charge in [-0.05, 0) is 17.7 Å². The lowest BCUT2D eigenvalue weighted by atomic mass is 10.2. The number of rotatable bonds is 2. The second kappa shape index (κ2) is 4.15. The first-order chi connectivity index (χ1) is 6.84. The van der Waals surface area contributed by atoms with E-state index in [1.165, 1.54) is 12.7 Å². The first-order valence-electron chi connectivity index (χ1n) is 3.99. The standard InChI is InChI=1S/C9H7BrN4/c10-9-3-1-2-8(4-9)5-13-14-6-11-12-7-14/h1-7H/b13-5+. The second-order valence-electron chi connectivity index (χ2n) is 2.64. The molecule has 1 heterocycles. The summed E-state index contributed by atoms with van der Waals surface area (Å²) in [6, 6.07) is 7.88. The molecule has 0 unspecified atom stereocenters. The van der Waals surface area contributed by atoms with Gasteiger partial charge in [0.15, 0.2) is 0 Å². The van der Waals surface area contributed by atoms with Crippen LogP contribution in [0.2, 0.25) is 0 Å². The van der Waals surface area contributed by atoms with Crippen LogP contribution in [0.4, 0.5) is 0 Å². The Bertz CT molecular complexity index is 436. The first kappa shape index (κ1) is 9.08. The molecule has 0 N–H and O–H groups in total. The maximum Gasteiger partial charge on any atom is 0.141 e. The van der Waals surface area contributed by atoms with E-state index in [-0.39, 0.29) is 0 Å². The number of hydrogen-bond donors (Lipinski definition) is 0. The van der Waals surface area contributed by atoms with E-state index < -0.39 is 0 Å². The van der Waals surface area contributed by atoms with Crippen LogP contribution in [0.5, 0.6) is 0 Å². The Labute approximate surface area is 89.4 Å². The highest BCUT2D eigenvalue weighted by Gasteiger charge is 1.89. The van der Waals surface area contributed by atoms with Crippen molar-refractivity contribution < 1.29 is 0 Å². The molecular formula is C9H7BrN4. The summed E-state index contributed by atoms with van der Waals surface area (Å²) in [5.74, 6) is 0. The Morgan fingerprint density at radius 1 is 1.29 bits per heavy atom. The van der Waals surface area contributed by atoms with Crippen molar-refractivity contribution in [3.63, 3.8) is 0 Å². The van der Waals surface area contributed by atoms with Gasteiger partial charge in [0.2, 0.25) is 0 Å². The van der Waals surface area contributed by atoms with E-state index >= 15 is 0 Å². The molecule has 0 amide bonds. The number of halogens is 1. The molecule has 0 saturated carbocycles. The van der Waals surface area contributed by atoms with Gasteiger partial charge in [-0.25, -0.2) is 4.68 Å². The molecule has 1 aromatic heterocycles. The van der Waals surface area contributed by atoms with E-state index in [4.69, 9.17) is 0 Å². The zero-order valence-electron chi connectivity index (χ0n) is 7.21. The normalized spacial score (nSPS) is 10.9. The van der Waals surface area contributed by atoms with Crippen LogP contribution in [0.3, 0.4) is 0 Å². The van der Waals surface area contributed by atoms with Gasteiger partial charge in [-0.2, -0.15) is 5.10 Å². The Morgan fingerprint density at radius 3 is 2.79 bits per heavy atom. The molecule has 0 aliphatic heterocycles. The summed E-state index contributed by atoms with van der Waals surface area (Å²) in [6.07, 6.45) is 4.82. The molecule has 4 nitrogen and oxygen atoms in total. The van der Waals surface area contributed by atoms with Crippen molar-refractivity contribution in [2.24, 2.45) is 5.10 Å². The predicted octanol–water partition coefficient (Wildman–Crippen LogP) is 1.92. The van der Waals surface area contributed by atoms with E-state index in [1.54, 1.807) is 10.9 Å². The van der Waals surface area contributed by atoms with E-state index in [1.807, 2.05) is 24.3 Å². The third-order valence-electron chi connectivity index (χ3n) is 1.60. The number of nitrogens with zero attached hydrogens (tertiary/aromatic N) is 4. The highest BCUT2D eigenvalue weighted by atomic mass is 79.9. The summed E-state index contributed by atoms with van der Waals surface area (Å²) in [7, 11) is 0. The zero-order chi connectivity index (χ0) is 9.80. The van der Waals surface area contributed by atoms with Crippen LogP contribution in [-0.4, -0.2) is 21.1 Å². The highest BCUT2D eigenvalue weighted by molar-refractivity contribution is 9.10. The molecule has 0 spiro atoms. The van der Waals surface area contributed by atoms with Gasteiger partial charge >= 0.3 is 0 Å². The van der Waals surface area contributed by atoms with Crippen LogP contribution in [0.15, 0.2) is 46.5 Å². The Morgan fingerprint density at radius 2 is 2.07 bits per heavy atom. The summed E-state index contributed by atoms with van der Waals surface area (Å²) < 4.78 is 2.58. The van der Waals surface area contributed by atoms with Crippen molar-refractivity contribution in [2.45, 2.75) is 0 Å². The summed E-state index contributed by atoms with van der Waals surface area (Å²) in [4.78, 5) is 0. The molecule has 2 rings (SSSR count). The number of hydrogen-bond acceptors (Lipinski definition) is 3. The minimum absolute atomic E-state index is 1.02. The van der Waals surface area contributed by atoms with E-state index in [0.717, 1.165) is 10.0 Å². The van der Waals surface area contributed by atoms with Gasteiger partial charge in [-0.15, -0.1) is 10.2 Å². The van der Waals surface area contributed by atoms with E-state index in [9.17, 15) is 0 Å². The second-order valence-corrected chi connectivity index (χ2v) is 3.56. The molecule has 0 radical (unpaired) electrons. The van der Waals surface area contributed by atoms with E-state index in [0.29, 0.717) is 0 Å². The molecule has 1 aromatic carbocycles. The molecule has 70 valence electrons. The average Bonchev–Trinajstić information content (AvgIpc) is 2.67. The van der Waals surface area contributed by atoms with Crippen molar-refractivity contribution in [1.29, 1.82) is 0 Å². The monoisotopic (exact) mass is 250 g/mol. The van der Waals surface area contributed by atoms with E-state index in [2.05, 4.69) is 31.2 Å². The predicted molar refractivity (Wildman–Crippen MR) is 57.2 cm³/mol. The molecular weight excluding hydrogens is 244 g/mol. The van der Waals surface area contributed by atoms with Crippen molar-refractivity contribution >= 4 is 22.1 Å². The van der Waals surface area contributed by atoms with Gasteiger partial charge in [0, 0.05) is 4.47 Å². The fraction of sp³-hybridized carbons (Fsp3) is 0. The quantitative estimate of drug-likeness (QED) is 0.765. The van der Waals surface area contributed by atoms with Gasteiger partial charge in [0.05, 0.1) is 6.21 Å². The lowest BCUT2D eigenvalue weighted by molar-refractivity contribution is 0.878. The SMILES string of the molecule is Brc1cccc(/C=N/n2cnnc2)c1. The minimum atomic E-state index is 1.02. The fourth-order valence-corrected chi connectivity index (χ4v) is 1.39. The number of benzene rings is 1. The third-order valence-corrected chi connectivity index (χ3v) is 2.09. The minimum Gasteiger partial charge on any atom is -0.208 e. The van der Waals surface area contributed by atoms with Gasteiger partial charge in [0.25, 0.3) is 0 Å². The summed E-state index contributed by atoms with van der Waals surface area (Å²) in [5.41, 5.74) is 1.02. The molecule has 0 bridgehead atoms. The van der Waals surface area contributed by atoms with Crippen LogP contribution in [0.1, 0.15) is 5.56 Å². The maximum absolute atomic E-state index is 4.12. The first-order valence-corrected chi connectivity index (χ1v) is 4.78. The number of aromatic nitrogens is 3. The lowest BCUT2D eigenvalue weighted by Gasteiger charge is -1.93. The Kier molecular flexibility index (Phi) is 2.69. The van der Waals surface area contributed by atoms with Crippen molar-refractivity contribution in [3.8, 4) is 0 Å². The lowest BCUT2D eigenvalue weighted by Crippen LogP contribution is -1.86. The zero-order valence-corrected chi connectivity index (χ0v) is 8.79. The topological polar surface area (TPSA) is 43.1 Å². The molecule has 0 saturated heterocycles. The Balaban J connectivity index is 2.18. The average molecular weight is 251 g/mol. The Hall–Kier alpha value is -1.49. The molecule has 0 aliphatic carbocycles. The molecule has 5 heteroatoms. The molecule has 14 heavy (non-hydrogen) atoms. The van der Waals surface area contributed by atoms with Gasteiger partial charge in [-0.1, -0.05) is 28.1 Å². The highest BCUT2D eigenvalue weighted by Crippen LogP contribution is 2.09. The van der Waals surface area contributed by atoms with Crippen LogP contribution in [-0.2, 0) is 0 Å². The summed E-state index contributed by atoms with van der Waals surface area (Å²) >= 11 is 3.39. The van der Waals surface area contributed by atoms with Crippen LogP contribution < -0.4 is 0 Å². The van der Waals surface area contributed by atoms with Crippen LogP contribution in [0.25, 0.3) is 0 Å². The van der Waals surface area contributed by atoms with Gasteiger partial charge in [0.1, 0.15) is 12.7 Å². The molecule has 0 fully saturated rings. The smallest absolute Gasteiger partial charge is 0.141 e. The van der Waals surface area contributed by atoms with Gasteiger partial charge < -0.3 is 0 Å². The maximum atomic E-state index is 4.12. The molecule has 2 aromatic rings. The summed E-state index contributed by atoms with van der Waals surface area (Å²) in [5, 5.41) is 11.4. The summed E-state index contributed by atoms with van der Waals surface area (Å²) in [6.45, 7) is 0. The third kappa shape index (κ3) is 2.26. The van der Waals surface area contributed by atoms with Gasteiger partial charge in [-0.3, -0.25) is 0 Å². The largest absolute Gasteiger partial charge is 0.208 e. The van der Waals surface area contributed by atoms with Crippen LogP contribution in [0, 0.1) is 0 Å². The van der Waals surface area contributed by atoms with Crippen molar-refractivity contribution in [2.75, 3.05) is 0 Å². The van der Waals surface area contributed by atoms with Crippen molar-refractivity contribution in [3.05, 3.63) is 47.0 Å². The van der Waals surface area contributed by atoms with Crippen molar-refractivity contribution in [1.82, 2.24) is 14.9 Å².